The Labute approximate surface area is 153 Å². The van der Waals surface area contributed by atoms with E-state index in [0.717, 1.165) is 37.9 Å². The van der Waals surface area contributed by atoms with Gasteiger partial charge in [-0.15, -0.1) is 0 Å². The van der Waals surface area contributed by atoms with E-state index in [1.165, 1.54) is 31.7 Å². The minimum atomic E-state index is -2.94. The largest absolute Gasteiger partial charge is 0.493 e. The number of benzene rings is 1. The number of piperidine rings is 1. The number of halogens is 2. The number of alkyl halides is 2. The van der Waals surface area contributed by atoms with Gasteiger partial charge in [0.15, 0.2) is 11.5 Å². The topological polar surface area (TPSA) is 50.8 Å². The fourth-order valence-electron chi connectivity index (χ4n) is 3.58. The zero-order valence-corrected chi connectivity index (χ0v) is 15.6. The maximum absolute atomic E-state index is 12.3. The number of rotatable bonds is 8. The van der Waals surface area contributed by atoms with Crippen molar-refractivity contribution >= 4 is 5.91 Å². The smallest absolute Gasteiger partial charge is 0.387 e. The molecule has 1 aromatic rings. The van der Waals surface area contributed by atoms with Crippen LogP contribution in [-0.2, 0) is 0 Å². The van der Waals surface area contributed by atoms with Gasteiger partial charge in [0.2, 0.25) is 0 Å². The summed E-state index contributed by atoms with van der Waals surface area (Å²) in [5, 5.41) is 2.86. The van der Waals surface area contributed by atoms with Gasteiger partial charge in [-0.3, -0.25) is 4.79 Å². The van der Waals surface area contributed by atoms with Gasteiger partial charge in [-0.25, -0.2) is 0 Å². The number of carbonyl (C=O) groups is 1. The monoisotopic (exact) mass is 370 g/mol. The zero-order valence-electron chi connectivity index (χ0n) is 15.6. The molecule has 7 heteroatoms. The molecule has 1 N–H and O–H groups in total. The molecule has 0 aromatic heterocycles. The lowest BCUT2D eigenvalue weighted by atomic mass is 9.92. The minimum Gasteiger partial charge on any atom is -0.493 e. The van der Waals surface area contributed by atoms with Gasteiger partial charge in [0.25, 0.3) is 5.91 Å². The summed E-state index contributed by atoms with van der Waals surface area (Å²) in [5.74, 6) is 1.19. The van der Waals surface area contributed by atoms with Crippen molar-refractivity contribution in [1.29, 1.82) is 0 Å². The molecule has 0 aliphatic carbocycles. The number of amides is 1. The molecule has 1 aromatic carbocycles. The van der Waals surface area contributed by atoms with Gasteiger partial charge in [0, 0.05) is 25.2 Å². The molecule has 1 aliphatic heterocycles. The fraction of sp³-hybridized carbons (Fsp3) is 0.632. The van der Waals surface area contributed by atoms with Crippen LogP contribution in [0.4, 0.5) is 8.78 Å². The van der Waals surface area contributed by atoms with E-state index in [4.69, 9.17) is 4.74 Å². The average Bonchev–Trinajstić information content (AvgIpc) is 2.57. The second-order valence-corrected chi connectivity index (χ2v) is 7.06. The Morgan fingerprint density at radius 3 is 2.58 bits per heavy atom. The van der Waals surface area contributed by atoms with Crippen LogP contribution in [0.2, 0.25) is 0 Å². The average molecular weight is 370 g/mol. The number of ether oxygens (including phenoxy) is 2. The first-order valence-electron chi connectivity index (χ1n) is 9.02. The Hall–Kier alpha value is -1.89. The van der Waals surface area contributed by atoms with Crippen molar-refractivity contribution in [2.45, 2.75) is 33.3 Å². The number of hydrogen-bond acceptors (Lipinski definition) is 4. The normalized spacial score (nSPS) is 20.8. The van der Waals surface area contributed by atoms with Gasteiger partial charge < -0.3 is 19.7 Å². The summed E-state index contributed by atoms with van der Waals surface area (Å²) in [6, 6.07) is 4.17. The van der Waals surface area contributed by atoms with Crippen LogP contribution >= 0.6 is 0 Å². The molecular formula is C19H28F2N2O3. The number of methoxy groups -OCH3 is 1. The summed E-state index contributed by atoms with van der Waals surface area (Å²) in [7, 11) is 1.34. The summed E-state index contributed by atoms with van der Waals surface area (Å²) in [4.78, 5) is 14.7. The molecule has 5 nitrogen and oxygen atoms in total. The van der Waals surface area contributed by atoms with E-state index in [1.54, 1.807) is 0 Å². The summed E-state index contributed by atoms with van der Waals surface area (Å²) < 4.78 is 34.1. The van der Waals surface area contributed by atoms with E-state index >= 15 is 0 Å². The number of carbonyl (C=O) groups excluding carboxylic acids is 1. The molecule has 0 bridgehead atoms. The number of nitrogens with one attached hydrogen (secondary N) is 1. The number of nitrogens with zero attached hydrogens (tertiary/aromatic N) is 1. The molecule has 2 atom stereocenters. The molecule has 146 valence electrons. The van der Waals surface area contributed by atoms with Crippen molar-refractivity contribution in [3.05, 3.63) is 23.8 Å². The predicted molar refractivity (Wildman–Crippen MR) is 96.0 cm³/mol. The van der Waals surface area contributed by atoms with Gasteiger partial charge in [0.1, 0.15) is 0 Å². The van der Waals surface area contributed by atoms with Crippen LogP contribution in [0.5, 0.6) is 11.5 Å². The Balaban J connectivity index is 1.80. The molecule has 0 radical (unpaired) electrons. The fourth-order valence-corrected chi connectivity index (χ4v) is 3.58. The van der Waals surface area contributed by atoms with Gasteiger partial charge in [-0.2, -0.15) is 8.78 Å². The van der Waals surface area contributed by atoms with Gasteiger partial charge in [-0.1, -0.05) is 13.8 Å². The molecular weight excluding hydrogens is 342 g/mol. The van der Waals surface area contributed by atoms with Crippen LogP contribution in [0.1, 0.15) is 37.0 Å². The lowest BCUT2D eigenvalue weighted by molar-refractivity contribution is -0.0512. The highest BCUT2D eigenvalue weighted by molar-refractivity contribution is 5.94. The Morgan fingerprint density at radius 2 is 1.96 bits per heavy atom. The highest BCUT2D eigenvalue weighted by Crippen LogP contribution is 2.29. The summed E-state index contributed by atoms with van der Waals surface area (Å²) in [6.07, 6.45) is 2.15. The van der Waals surface area contributed by atoms with E-state index in [0.29, 0.717) is 12.1 Å². The molecule has 1 heterocycles. The molecule has 26 heavy (non-hydrogen) atoms. The van der Waals surface area contributed by atoms with Crippen LogP contribution in [0.3, 0.4) is 0 Å². The third kappa shape index (κ3) is 6.12. The highest BCUT2D eigenvalue weighted by Gasteiger charge is 2.21. The van der Waals surface area contributed by atoms with Crippen LogP contribution in [0.25, 0.3) is 0 Å². The second-order valence-electron chi connectivity index (χ2n) is 7.06. The van der Waals surface area contributed by atoms with E-state index in [2.05, 4.69) is 28.8 Å². The Kier molecular flexibility index (Phi) is 7.63. The summed E-state index contributed by atoms with van der Waals surface area (Å²) in [6.45, 7) is 5.36. The molecule has 1 aliphatic rings. The van der Waals surface area contributed by atoms with Gasteiger partial charge >= 0.3 is 6.61 Å². The van der Waals surface area contributed by atoms with Crippen molar-refractivity contribution in [1.82, 2.24) is 10.2 Å². The maximum Gasteiger partial charge on any atom is 0.387 e. The first-order chi connectivity index (χ1) is 12.4. The van der Waals surface area contributed by atoms with Gasteiger partial charge in [0.05, 0.1) is 7.11 Å². The van der Waals surface area contributed by atoms with Crippen molar-refractivity contribution < 1.29 is 23.0 Å². The first kappa shape index (κ1) is 20.4. The van der Waals surface area contributed by atoms with E-state index in [-0.39, 0.29) is 17.4 Å². The molecule has 0 saturated carbocycles. The van der Waals surface area contributed by atoms with Crippen LogP contribution < -0.4 is 14.8 Å². The SMILES string of the molecule is COc1cc(C(=O)NCCCN2C[C@H](C)C[C@H](C)C2)ccc1OC(F)F. The van der Waals surface area contributed by atoms with E-state index in [1.807, 2.05) is 0 Å². The number of hydrogen-bond donors (Lipinski definition) is 1. The number of likely N-dealkylation sites (tertiary alicyclic amines) is 1. The standard InChI is InChI=1S/C19H28F2N2O3/c1-13-9-14(2)12-23(11-13)8-4-7-22-18(24)15-5-6-16(26-19(20)21)17(10-15)25-3/h5-6,10,13-14,19H,4,7-9,11-12H2,1-3H3,(H,22,24)/t13-,14+. The van der Waals surface area contributed by atoms with Crippen LogP contribution in [0, 0.1) is 11.8 Å². The Bertz CT molecular complexity index is 588. The quantitative estimate of drug-likeness (QED) is 0.713. The minimum absolute atomic E-state index is 0.0904. The van der Waals surface area contributed by atoms with E-state index in [9.17, 15) is 13.6 Å². The predicted octanol–water partition coefficient (Wildman–Crippen LogP) is 3.39. The summed E-state index contributed by atoms with van der Waals surface area (Å²) in [5.41, 5.74) is 0.351. The summed E-state index contributed by atoms with van der Waals surface area (Å²) >= 11 is 0. The van der Waals surface area contributed by atoms with Crippen molar-refractivity contribution in [2.24, 2.45) is 11.8 Å². The first-order valence-corrected chi connectivity index (χ1v) is 9.02. The molecule has 2 rings (SSSR count). The molecule has 0 unspecified atom stereocenters. The second kappa shape index (κ2) is 9.71. The van der Waals surface area contributed by atoms with Crippen LogP contribution in [-0.4, -0.2) is 50.7 Å². The molecule has 1 saturated heterocycles. The highest BCUT2D eigenvalue weighted by atomic mass is 19.3. The van der Waals surface area contributed by atoms with Gasteiger partial charge in [-0.05, 0) is 49.4 Å². The van der Waals surface area contributed by atoms with Crippen LogP contribution in [0.15, 0.2) is 18.2 Å². The lowest BCUT2D eigenvalue weighted by Crippen LogP contribution is -2.40. The molecule has 1 amide bonds. The lowest BCUT2D eigenvalue weighted by Gasteiger charge is -2.34. The van der Waals surface area contributed by atoms with E-state index < -0.39 is 6.61 Å². The third-order valence-corrected chi connectivity index (χ3v) is 4.52. The maximum atomic E-state index is 12.3. The third-order valence-electron chi connectivity index (χ3n) is 4.52. The van der Waals surface area contributed by atoms with Crippen molar-refractivity contribution in [3.8, 4) is 11.5 Å². The molecule has 0 spiro atoms. The zero-order chi connectivity index (χ0) is 19.1. The molecule has 1 fully saturated rings. The Morgan fingerprint density at radius 1 is 1.27 bits per heavy atom. The van der Waals surface area contributed by atoms with Crippen molar-refractivity contribution in [3.63, 3.8) is 0 Å². The van der Waals surface area contributed by atoms with Crippen molar-refractivity contribution in [2.75, 3.05) is 33.3 Å².